The number of carbonyl (C=O) groups excluding carboxylic acids is 2. The number of hydrogen-bond acceptors (Lipinski definition) is 4. The first kappa shape index (κ1) is 18.4. The second-order valence-corrected chi connectivity index (χ2v) is 7.41. The lowest BCUT2D eigenvalue weighted by atomic mass is 10.1. The van der Waals surface area contributed by atoms with Gasteiger partial charge in [0.1, 0.15) is 5.01 Å². The van der Waals surface area contributed by atoms with Gasteiger partial charge in [-0.2, -0.15) is 0 Å². The van der Waals surface area contributed by atoms with E-state index in [2.05, 4.69) is 10.3 Å². The zero-order valence-corrected chi connectivity index (χ0v) is 16.0. The van der Waals surface area contributed by atoms with Crippen molar-refractivity contribution in [3.8, 4) is 10.6 Å². The number of likely N-dealkylation sites (tertiary alicyclic amines) is 1. The van der Waals surface area contributed by atoms with Crippen molar-refractivity contribution in [2.24, 2.45) is 5.92 Å². The molecule has 3 amide bonds. The Bertz CT molecular complexity index is 762. The number of nitrogens with zero attached hydrogens (tertiary/aromatic N) is 3. The van der Waals surface area contributed by atoms with Crippen molar-refractivity contribution in [2.75, 3.05) is 26.7 Å². The van der Waals surface area contributed by atoms with Gasteiger partial charge in [0.2, 0.25) is 5.91 Å². The van der Waals surface area contributed by atoms with Crippen molar-refractivity contribution in [1.82, 2.24) is 20.1 Å². The molecule has 3 rings (SSSR count). The fourth-order valence-electron chi connectivity index (χ4n) is 3.07. The van der Waals surface area contributed by atoms with E-state index in [-0.39, 0.29) is 17.9 Å². The van der Waals surface area contributed by atoms with Gasteiger partial charge in [-0.1, -0.05) is 30.3 Å². The van der Waals surface area contributed by atoms with Gasteiger partial charge in [-0.25, -0.2) is 9.78 Å². The van der Waals surface area contributed by atoms with Crippen molar-refractivity contribution in [2.45, 2.75) is 19.9 Å². The summed E-state index contributed by atoms with van der Waals surface area (Å²) < 4.78 is 0. The molecule has 0 bridgehead atoms. The molecular weight excluding hydrogens is 348 g/mol. The van der Waals surface area contributed by atoms with Crippen LogP contribution < -0.4 is 5.32 Å². The Balaban J connectivity index is 1.49. The molecule has 1 aliphatic heterocycles. The predicted molar refractivity (Wildman–Crippen MR) is 103 cm³/mol. The van der Waals surface area contributed by atoms with E-state index in [0.717, 1.165) is 29.4 Å². The first-order chi connectivity index (χ1) is 12.6. The van der Waals surface area contributed by atoms with Crippen LogP contribution >= 0.6 is 11.3 Å². The van der Waals surface area contributed by atoms with Crippen LogP contribution in [0, 0.1) is 5.92 Å². The SMILES string of the molecule is CCN1C[C@@H](CNC(=O)N(C)Cc2csc(-c3ccccc3)n2)CC1=O. The van der Waals surface area contributed by atoms with E-state index in [9.17, 15) is 9.59 Å². The van der Waals surface area contributed by atoms with Crippen LogP contribution in [0.1, 0.15) is 19.0 Å². The molecule has 1 atom stereocenters. The third-order valence-electron chi connectivity index (χ3n) is 4.54. The maximum Gasteiger partial charge on any atom is 0.317 e. The van der Waals surface area contributed by atoms with Gasteiger partial charge in [-0.3, -0.25) is 4.79 Å². The number of carbonyl (C=O) groups is 2. The topological polar surface area (TPSA) is 65.5 Å². The van der Waals surface area contributed by atoms with Crippen LogP contribution in [0.3, 0.4) is 0 Å². The van der Waals surface area contributed by atoms with Gasteiger partial charge in [-0.15, -0.1) is 11.3 Å². The first-order valence-corrected chi connectivity index (χ1v) is 9.71. The van der Waals surface area contributed by atoms with Crippen molar-refractivity contribution in [1.29, 1.82) is 0 Å². The van der Waals surface area contributed by atoms with Gasteiger partial charge in [0.15, 0.2) is 0 Å². The van der Waals surface area contributed by atoms with Crippen LogP contribution in [0.15, 0.2) is 35.7 Å². The van der Waals surface area contributed by atoms with Crippen LogP contribution in [-0.4, -0.2) is 53.4 Å². The Kier molecular flexibility index (Phi) is 5.88. The van der Waals surface area contributed by atoms with Gasteiger partial charge in [0, 0.05) is 50.0 Å². The molecule has 2 aromatic rings. The van der Waals surface area contributed by atoms with E-state index in [4.69, 9.17) is 0 Å². The highest BCUT2D eigenvalue weighted by Gasteiger charge is 2.28. The molecule has 0 radical (unpaired) electrons. The third-order valence-corrected chi connectivity index (χ3v) is 5.48. The average Bonchev–Trinajstić information content (AvgIpc) is 3.26. The molecule has 7 heteroatoms. The average molecular weight is 372 g/mol. The zero-order valence-electron chi connectivity index (χ0n) is 15.1. The summed E-state index contributed by atoms with van der Waals surface area (Å²) in [5.74, 6) is 0.375. The molecule has 1 fully saturated rings. The molecule has 0 aliphatic carbocycles. The summed E-state index contributed by atoms with van der Waals surface area (Å²) in [5, 5.41) is 5.88. The first-order valence-electron chi connectivity index (χ1n) is 8.83. The van der Waals surface area contributed by atoms with E-state index in [1.54, 1.807) is 23.3 Å². The highest BCUT2D eigenvalue weighted by molar-refractivity contribution is 7.13. The minimum Gasteiger partial charge on any atom is -0.343 e. The van der Waals surface area contributed by atoms with E-state index in [0.29, 0.717) is 19.5 Å². The number of rotatable bonds is 6. The minimum atomic E-state index is -0.137. The zero-order chi connectivity index (χ0) is 18.5. The van der Waals surface area contributed by atoms with Crippen LogP contribution in [0.25, 0.3) is 10.6 Å². The molecule has 0 spiro atoms. The highest BCUT2D eigenvalue weighted by Crippen LogP contribution is 2.23. The van der Waals surface area contributed by atoms with E-state index in [1.165, 1.54) is 0 Å². The standard InChI is InChI=1S/C19H24N4O2S/c1-3-23-11-14(9-17(23)24)10-20-19(25)22(2)12-16-13-26-18(21-16)15-7-5-4-6-8-15/h4-8,13-14H,3,9-12H2,1-2H3,(H,20,25)/t14-/m1/s1. The largest absolute Gasteiger partial charge is 0.343 e. The van der Waals surface area contributed by atoms with Gasteiger partial charge in [0.05, 0.1) is 12.2 Å². The Morgan fingerprint density at radius 3 is 2.85 bits per heavy atom. The summed E-state index contributed by atoms with van der Waals surface area (Å²) in [5.41, 5.74) is 1.96. The van der Waals surface area contributed by atoms with Crippen molar-refractivity contribution >= 4 is 23.3 Å². The van der Waals surface area contributed by atoms with Gasteiger partial charge in [0.25, 0.3) is 0 Å². The van der Waals surface area contributed by atoms with Crippen molar-refractivity contribution in [3.63, 3.8) is 0 Å². The summed E-state index contributed by atoms with van der Waals surface area (Å²) in [7, 11) is 1.76. The second kappa shape index (κ2) is 8.31. The fourth-order valence-corrected chi connectivity index (χ4v) is 3.89. The second-order valence-electron chi connectivity index (χ2n) is 6.55. The monoisotopic (exact) mass is 372 g/mol. The molecule has 1 aliphatic rings. The van der Waals surface area contributed by atoms with Gasteiger partial charge in [-0.05, 0) is 6.92 Å². The summed E-state index contributed by atoms with van der Waals surface area (Å²) >= 11 is 1.58. The third kappa shape index (κ3) is 4.40. The number of nitrogens with one attached hydrogen (secondary N) is 1. The molecule has 2 heterocycles. The summed E-state index contributed by atoms with van der Waals surface area (Å²) in [6, 6.07) is 9.88. The normalized spacial score (nSPS) is 16.8. The lowest BCUT2D eigenvalue weighted by molar-refractivity contribution is -0.127. The number of hydrogen-bond donors (Lipinski definition) is 1. The van der Waals surface area contributed by atoms with Crippen LogP contribution in [0.5, 0.6) is 0 Å². The van der Waals surface area contributed by atoms with Crippen LogP contribution in [0.2, 0.25) is 0 Å². The Morgan fingerprint density at radius 2 is 2.15 bits per heavy atom. The number of aromatic nitrogens is 1. The molecule has 138 valence electrons. The molecule has 26 heavy (non-hydrogen) atoms. The summed E-state index contributed by atoms with van der Waals surface area (Å²) in [6.45, 7) is 4.42. The fraction of sp³-hybridized carbons (Fsp3) is 0.421. The van der Waals surface area contributed by atoms with Gasteiger partial charge >= 0.3 is 6.03 Å². The quantitative estimate of drug-likeness (QED) is 0.848. The van der Waals surface area contributed by atoms with E-state index in [1.807, 2.05) is 47.5 Å². The maximum absolute atomic E-state index is 12.3. The molecule has 0 saturated carbocycles. The van der Waals surface area contributed by atoms with Crippen LogP contribution in [0.4, 0.5) is 4.79 Å². The smallest absolute Gasteiger partial charge is 0.317 e. The lowest BCUT2D eigenvalue weighted by Gasteiger charge is -2.19. The molecule has 1 aromatic heterocycles. The molecular formula is C19H24N4O2S. The van der Waals surface area contributed by atoms with E-state index >= 15 is 0 Å². The molecule has 6 nitrogen and oxygen atoms in total. The van der Waals surface area contributed by atoms with E-state index < -0.39 is 0 Å². The lowest BCUT2D eigenvalue weighted by Crippen LogP contribution is -2.39. The van der Waals surface area contributed by atoms with Crippen molar-refractivity contribution in [3.05, 3.63) is 41.4 Å². The molecule has 0 unspecified atom stereocenters. The number of urea groups is 1. The number of benzene rings is 1. The summed E-state index contributed by atoms with van der Waals surface area (Å²) in [4.78, 5) is 32.1. The molecule has 1 aromatic carbocycles. The Morgan fingerprint density at radius 1 is 1.38 bits per heavy atom. The predicted octanol–water partition coefficient (Wildman–Crippen LogP) is 2.82. The Hall–Kier alpha value is -2.41. The van der Waals surface area contributed by atoms with Crippen molar-refractivity contribution < 1.29 is 9.59 Å². The summed E-state index contributed by atoms with van der Waals surface area (Å²) in [6.07, 6.45) is 0.518. The Labute approximate surface area is 157 Å². The van der Waals surface area contributed by atoms with Crippen LogP contribution in [-0.2, 0) is 11.3 Å². The molecule has 1 N–H and O–H groups in total. The maximum atomic E-state index is 12.3. The number of amides is 3. The highest BCUT2D eigenvalue weighted by atomic mass is 32.1. The number of thiazole rings is 1. The molecule has 1 saturated heterocycles. The minimum absolute atomic E-state index is 0.137. The van der Waals surface area contributed by atoms with Gasteiger partial charge < -0.3 is 15.1 Å².